The molecule has 1 aromatic carbocycles. The molecule has 4 nitrogen and oxygen atoms in total. The van der Waals surface area contributed by atoms with Gasteiger partial charge in [0.1, 0.15) is 0 Å². The Morgan fingerprint density at radius 1 is 1.10 bits per heavy atom. The molecule has 0 unspecified atom stereocenters. The molecule has 20 heavy (non-hydrogen) atoms. The van der Waals surface area contributed by atoms with E-state index in [1.807, 2.05) is 44.3 Å². The van der Waals surface area contributed by atoms with Crippen LogP contribution in [-0.4, -0.2) is 23.8 Å². The first kappa shape index (κ1) is 13.4. The summed E-state index contributed by atoms with van der Waals surface area (Å²) in [4.78, 5) is 0.370. The van der Waals surface area contributed by atoms with E-state index in [4.69, 9.17) is 0 Å². The monoisotopic (exact) mass is 290 g/mol. The Hall–Kier alpha value is -1.59. The van der Waals surface area contributed by atoms with Gasteiger partial charge in [0.15, 0.2) is 0 Å². The van der Waals surface area contributed by atoms with Gasteiger partial charge >= 0.3 is 0 Å². The minimum Gasteiger partial charge on any atom is -0.349 e. The molecule has 1 aliphatic heterocycles. The Kier molecular flexibility index (Phi) is 3.18. The van der Waals surface area contributed by atoms with E-state index in [1.54, 1.807) is 16.4 Å². The maximum Gasteiger partial charge on any atom is 0.243 e. The molecule has 0 saturated carbocycles. The highest BCUT2D eigenvalue weighted by Crippen LogP contribution is 2.30. The fourth-order valence-electron chi connectivity index (χ4n) is 2.73. The highest BCUT2D eigenvalue weighted by atomic mass is 32.2. The predicted molar refractivity (Wildman–Crippen MR) is 77.9 cm³/mol. The van der Waals surface area contributed by atoms with Gasteiger partial charge in [0.2, 0.25) is 10.0 Å². The Balaban J connectivity index is 1.99. The molecule has 0 fully saturated rings. The molecule has 0 amide bonds. The van der Waals surface area contributed by atoms with Crippen molar-refractivity contribution in [2.45, 2.75) is 31.3 Å². The van der Waals surface area contributed by atoms with Gasteiger partial charge in [0, 0.05) is 25.0 Å². The van der Waals surface area contributed by atoms with Gasteiger partial charge in [-0.05, 0) is 38.1 Å². The molecule has 0 aliphatic carbocycles. The quantitative estimate of drug-likeness (QED) is 0.853. The van der Waals surface area contributed by atoms with Crippen LogP contribution in [-0.2, 0) is 16.6 Å². The first-order valence-corrected chi connectivity index (χ1v) is 8.18. The average molecular weight is 290 g/mol. The summed E-state index contributed by atoms with van der Waals surface area (Å²) in [5, 5.41) is 0. The molecule has 1 aliphatic rings. The number of benzene rings is 1. The molecule has 0 saturated heterocycles. The minimum atomic E-state index is -3.43. The maximum absolute atomic E-state index is 12.8. The lowest BCUT2D eigenvalue weighted by molar-refractivity contribution is 0.282. The molecule has 5 heteroatoms. The van der Waals surface area contributed by atoms with Gasteiger partial charge in [-0.3, -0.25) is 0 Å². The van der Waals surface area contributed by atoms with E-state index < -0.39 is 10.0 Å². The molecule has 0 spiro atoms. The first-order valence-electron chi connectivity index (χ1n) is 6.74. The van der Waals surface area contributed by atoms with E-state index in [-0.39, 0.29) is 6.04 Å². The molecule has 2 heterocycles. The van der Waals surface area contributed by atoms with E-state index in [0.29, 0.717) is 18.0 Å². The largest absolute Gasteiger partial charge is 0.349 e. The summed E-state index contributed by atoms with van der Waals surface area (Å²) in [5.74, 6) is 0. The second kappa shape index (κ2) is 4.75. The first-order chi connectivity index (χ1) is 9.50. The van der Waals surface area contributed by atoms with Crippen molar-refractivity contribution in [3.8, 4) is 0 Å². The molecular formula is C15H18N2O2S. The summed E-state index contributed by atoms with van der Waals surface area (Å²) in [6, 6.07) is 10.9. The fourth-order valence-corrected chi connectivity index (χ4v) is 4.33. The van der Waals surface area contributed by atoms with Gasteiger partial charge in [-0.2, -0.15) is 4.31 Å². The van der Waals surface area contributed by atoms with Crippen LogP contribution in [0.2, 0.25) is 0 Å². The molecule has 0 radical (unpaired) electrons. The van der Waals surface area contributed by atoms with Gasteiger partial charge in [-0.25, -0.2) is 8.42 Å². The third kappa shape index (κ3) is 2.07. The van der Waals surface area contributed by atoms with Crippen LogP contribution in [0.5, 0.6) is 0 Å². The number of sulfonamides is 1. The zero-order valence-electron chi connectivity index (χ0n) is 11.7. The highest BCUT2D eigenvalue weighted by Gasteiger charge is 2.33. The summed E-state index contributed by atoms with van der Waals surface area (Å²) in [5.41, 5.74) is 2.11. The third-order valence-corrected chi connectivity index (χ3v) is 5.90. The lowest BCUT2D eigenvalue weighted by Gasteiger charge is -2.33. The number of aromatic nitrogens is 1. The Labute approximate surface area is 119 Å². The number of hydrogen-bond donors (Lipinski definition) is 0. The van der Waals surface area contributed by atoms with Crippen LogP contribution < -0.4 is 0 Å². The summed E-state index contributed by atoms with van der Waals surface area (Å²) in [7, 11) is -3.43. The molecule has 0 bridgehead atoms. The van der Waals surface area contributed by atoms with Gasteiger partial charge in [-0.15, -0.1) is 0 Å². The van der Waals surface area contributed by atoms with Gasteiger partial charge < -0.3 is 4.57 Å². The second-order valence-electron chi connectivity index (χ2n) is 5.23. The molecule has 1 atom stereocenters. The summed E-state index contributed by atoms with van der Waals surface area (Å²) in [6.07, 6.45) is 2.00. The summed E-state index contributed by atoms with van der Waals surface area (Å²) in [6.45, 7) is 5.11. The predicted octanol–water partition coefficient (Wildman–Crippen LogP) is 2.56. The summed E-state index contributed by atoms with van der Waals surface area (Å²) >= 11 is 0. The fraction of sp³-hybridized carbons (Fsp3) is 0.333. The second-order valence-corrected chi connectivity index (χ2v) is 7.12. The standard InChI is InChI=1S/C15H18N2O2S/c1-12-5-7-14(8-6-12)20(18,19)17-11-10-16-9-3-4-15(16)13(17)2/h3-9,13H,10-11H2,1-2H3/t13-/m1/s1. The van der Waals surface area contributed by atoms with Gasteiger partial charge in [0.25, 0.3) is 0 Å². The molecule has 3 rings (SSSR count). The Morgan fingerprint density at radius 2 is 1.80 bits per heavy atom. The van der Waals surface area contributed by atoms with E-state index in [2.05, 4.69) is 4.57 Å². The van der Waals surface area contributed by atoms with Crippen LogP contribution in [0.1, 0.15) is 24.2 Å². The van der Waals surface area contributed by atoms with E-state index in [9.17, 15) is 8.42 Å². The third-order valence-electron chi connectivity index (χ3n) is 3.91. The van der Waals surface area contributed by atoms with Crippen LogP contribution in [0.4, 0.5) is 0 Å². The number of rotatable bonds is 2. The number of nitrogens with zero attached hydrogens (tertiary/aromatic N) is 2. The molecule has 2 aromatic rings. The molecule has 1 aromatic heterocycles. The molecule has 106 valence electrons. The van der Waals surface area contributed by atoms with E-state index >= 15 is 0 Å². The Bertz CT molecular complexity index is 717. The lowest BCUT2D eigenvalue weighted by atomic mass is 10.2. The number of fused-ring (bicyclic) bond motifs is 1. The zero-order valence-corrected chi connectivity index (χ0v) is 12.5. The highest BCUT2D eigenvalue weighted by molar-refractivity contribution is 7.89. The lowest BCUT2D eigenvalue weighted by Crippen LogP contribution is -2.40. The van der Waals surface area contributed by atoms with Crippen molar-refractivity contribution < 1.29 is 8.42 Å². The topological polar surface area (TPSA) is 42.3 Å². The van der Waals surface area contributed by atoms with Crippen molar-refractivity contribution >= 4 is 10.0 Å². The van der Waals surface area contributed by atoms with Gasteiger partial charge in [0.05, 0.1) is 10.9 Å². The number of hydrogen-bond acceptors (Lipinski definition) is 2. The van der Waals surface area contributed by atoms with Crippen molar-refractivity contribution in [1.82, 2.24) is 8.87 Å². The maximum atomic E-state index is 12.8. The number of aryl methyl sites for hydroxylation is 1. The van der Waals surface area contributed by atoms with Crippen molar-refractivity contribution in [3.63, 3.8) is 0 Å². The normalized spacial score (nSPS) is 19.8. The average Bonchev–Trinajstić information content (AvgIpc) is 2.88. The van der Waals surface area contributed by atoms with Crippen molar-refractivity contribution in [3.05, 3.63) is 53.9 Å². The Morgan fingerprint density at radius 3 is 2.50 bits per heavy atom. The smallest absolute Gasteiger partial charge is 0.243 e. The van der Waals surface area contributed by atoms with Crippen molar-refractivity contribution in [2.24, 2.45) is 0 Å². The minimum absolute atomic E-state index is 0.134. The van der Waals surface area contributed by atoms with Crippen LogP contribution in [0.25, 0.3) is 0 Å². The molecular weight excluding hydrogens is 272 g/mol. The summed E-state index contributed by atoms with van der Waals surface area (Å²) < 4.78 is 29.2. The van der Waals surface area contributed by atoms with Crippen LogP contribution in [0.15, 0.2) is 47.5 Å². The van der Waals surface area contributed by atoms with Crippen molar-refractivity contribution in [2.75, 3.05) is 6.54 Å². The SMILES string of the molecule is Cc1ccc(S(=O)(=O)N2CCn3cccc3[C@H]2C)cc1. The van der Waals surface area contributed by atoms with Crippen molar-refractivity contribution in [1.29, 1.82) is 0 Å². The van der Waals surface area contributed by atoms with E-state index in [0.717, 1.165) is 11.3 Å². The van der Waals surface area contributed by atoms with E-state index in [1.165, 1.54) is 0 Å². The van der Waals surface area contributed by atoms with Gasteiger partial charge in [-0.1, -0.05) is 17.7 Å². The van der Waals surface area contributed by atoms with Crippen LogP contribution >= 0.6 is 0 Å². The zero-order chi connectivity index (χ0) is 14.3. The van der Waals surface area contributed by atoms with Crippen LogP contribution in [0, 0.1) is 6.92 Å². The molecule has 0 N–H and O–H groups in total. The van der Waals surface area contributed by atoms with Crippen LogP contribution in [0.3, 0.4) is 0 Å².